The van der Waals surface area contributed by atoms with Gasteiger partial charge in [-0.1, -0.05) is 18.2 Å². The Hall–Kier alpha value is -2.26. The molecule has 0 bridgehead atoms. The number of halogens is 2. The molecule has 7 nitrogen and oxygen atoms in total. The number of benzene rings is 1. The third-order valence-electron chi connectivity index (χ3n) is 8.11. The second kappa shape index (κ2) is 9.41. The van der Waals surface area contributed by atoms with E-state index in [9.17, 15) is 18.4 Å². The van der Waals surface area contributed by atoms with Gasteiger partial charge < -0.3 is 20.7 Å². The van der Waals surface area contributed by atoms with Crippen LogP contribution < -0.4 is 15.8 Å². The van der Waals surface area contributed by atoms with Crippen LogP contribution >= 0.6 is 0 Å². The average Bonchev–Trinajstić information content (AvgIpc) is 3.30. The van der Waals surface area contributed by atoms with Crippen LogP contribution in [0.5, 0.6) is 5.75 Å². The largest absolute Gasteiger partial charge is 0.493 e. The maximum atomic E-state index is 13.6. The summed E-state index contributed by atoms with van der Waals surface area (Å²) in [5.41, 5.74) is 7.30. The number of para-hydroxylation sites is 1. The topological polar surface area (TPSA) is 87.9 Å². The zero-order chi connectivity index (χ0) is 23.9. The molecule has 2 saturated heterocycles. The molecule has 1 aromatic carbocycles. The van der Waals surface area contributed by atoms with Crippen LogP contribution in [0.4, 0.5) is 8.78 Å². The summed E-state index contributed by atoms with van der Waals surface area (Å²) in [6, 6.07) is 6.21. The SMILES string of the molecule is N[C@H](C(=O)N1CC2CCCN2CC1C(=O)N[C@@H]1CCOc2ccccc21)C1CCC(F)(F)CC1. The van der Waals surface area contributed by atoms with Crippen molar-refractivity contribution in [2.24, 2.45) is 11.7 Å². The number of hydrogen-bond donors (Lipinski definition) is 2. The molecule has 3 aliphatic heterocycles. The third-order valence-corrected chi connectivity index (χ3v) is 8.11. The number of carbonyl (C=O) groups is 2. The highest BCUT2D eigenvalue weighted by molar-refractivity contribution is 5.90. The highest BCUT2D eigenvalue weighted by Gasteiger charge is 2.45. The fraction of sp³-hybridized carbons (Fsp3) is 0.680. The number of piperazine rings is 1. The Labute approximate surface area is 199 Å². The molecule has 9 heteroatoms. The predicted molar refractivity (Wildman–Crippen MR) is 122 cm³/mol. The molecule has 34 heavy (non-hydrogen) atoms. The van der Waals surface area contributed by atoms with E-state index in [0.29, 0.717) is 26.1 Å². The van der Waals surface area contributed by atoms with Crippen molar-refractivity contribution in [2.45, 2.75) is 75.0 Å². The van der Waals surface area contributed by atoms with Crippen LogP contribution in [-0.2, 0) is 9.59 Å². The first-order chi connectivity index (χ1) is 16.3. The lowest BCUT2D eigenvalue weighted by molar-refractivity contribution is -0.148. The molecule has 1 saturated carbocycles. The molecule has 3 N–H and O–H groups in total. The number of carbonyl (C=O) groups excluding carboxylic acids is 2. The van der Waals surface area contributed by atoms with Gasteiger partial charge in [-0.15, -0.1) is 0 Å². The van der Waals surface area contributed by atoms with Crippen LogP contribution in [0.1, 0.15) is 56.6 Å². The van der Waals surface area contributed by atoms with Gasteiger partial charge in [0.1, 0.15) is 11.8 Å². The lowest BCUT2D eigenvalue weighted by Crippen LogP contribution is -2.65. The van der Waals surface area contributed by atoms with Crippen molar-refractivity contribution in [3.63, 3.8) is 0 Å². The van der Waals surface area contributed by atoms with Gasteiger partial charge in [0.2, 0.25) is 17.7 Å². The van der Waals surface area contributed by atoms with Crippen molar-refractivity contribution < 1.29 is 23.1 Å². The van der Waals surface area contributed by atoms with Crippen molar-refractivity contribution in [3.05, 3.63) is 29.8 Å². The van der Waals surface area contributed by atoms with E-state index in [1.54, 1.807) is 4.90 Å². The molecule has 0 spiro atoms. The number of nitrogens with zero attached hydrogens (tertiary/aromatic N) is 2. The second-order valence-electron chi connectivity index (χ2n) is 10.3. The molecule has 0 aromatic heterocycles. The molecular formula is C25H34F2N4O3. The zero-order valence-corrected chi connectivity index (χ0v) is 19.4. The summed E-state index contributed by atoms with van der Waals surface area (Å²) in [5, 5.41) is 3.16. The van der Waals surface area contributed by atoms with E-state index < -0.39 is 18.0 Å². The van der Waals surface area contributed by atoms with Crippen molar-refractivity contribution in [1.29, 1.82) is 0 Å². The minimum atomic E-state index is -2.67. The van der Waals surface area contributed by atoms with Crippen molar-refractivity contribution in [2.75, 3.05) is 26.2 Å². The van der Waals surface area contributed by atoms with Crippen molar-refractivity contribution in [1.82, 2.24) is 15.1 Å². The van der Waals surface area contributed by atoms with Gasteiger partial charge >= 0.3 is 0 Å². The molecule has 1 aromatic rings. The summed E-state index contributed by atoms with van der Waals surface area (Å²) >= 11 is 0. The Kier molecular flexibility index (Phi) is 6.50. The van der Waals surface area contributed by atoms with Crippen LogP contribution in [0, 0.1) is 5.92 Å². The van der Waals surface area contributed by atoms with Gasteiger partial charge in [0.15, 0.2) is 0 Å². The first-order valence-corrected chi connectivity index (χ1v) is 12.5. The molecule has 2 unspecified atom stereocenters. The maximum absolute atomic E-state index is 13.6. The molecule has 3 fully saturated rings. The second-order valence-corrected chi connectivity index (χ2v) is 10.3. The van der Waals surface area contributed by atoms with Gasteiger partial charge in [0.05, 0.1) is 18.7 Å². The van der Waals surface area contributed by atoms with Gasteiger partial charge in [0.25, 0.3) is 0 Å². The Morgan fingerprint density at radius 1 is 1.12 bits per heavy atom. The summed E-state index contributed by atoms with van der Waals surface area (Å²) in [5.74, 6) is -2.65. The van der Waals surface area contributed by atoms with E-state index >= 15 is 0 Å². The van der Waals surface area contributed by atoms with Crippen LogP contribution in [0.25, 0.3) is 0 Å². The molecule has 4 aliphatic rings. The molecule has 186 valence electrons. The summed E-state index contributed by atoms with van der Waals surface area (Å²) in [4.78, 5) is 31.0. The number of nitrogens with one attached hydrogen (secondary N) is 1. The fourth-order valence-corrected chi connectivity index (χ4v) is 6.06. The number of ether oxygens (including phenoxy) is 1. The third kappa shape index (κ3) is 4.64. The summed E-state index contributed by atoms with van der Waals surface area (Å²) in [6.07, 6.45) is 2.68. The monoisotopic (exact) mass is 476 g/mol. The number of hydrogen-bond acceptors (Lipinski definition) is 5. The van der Waals surface area contributed by atoms with Gasteiger partial charge in [-0.2, -0.15) is 0 Å². The number of nitrogens with two attached hydrogens (primary N) is 1. The van der Waals surface area contributed by atoms with E-state index in [2.05, 4.69) is 10.2 Å². The number of amides is 2. The van der Waals surface area contributed by atoms with Gasteiger partial charge in [-0.05, 0) is 44.2 Å². The number of alkyl halides is 2. The smallest absolute Gasteiger partial charge is 0.248 e. The molecule has 3 heterocycles. The van der Waals surface area contributed by atoms with E-state index in [1.807, 2.05) is 24.3 Å². The Balaban J connectivity index is 1.32. The Morgan fingerprint density at radius 2 is 1.88 bits per heavy atom. The first kappa shape index (κ1) is 23.5. The maximum Gasteiger partial charge on any atom is 0.248 e. The predicted octanol–water partition coefficient (Wildman–Crippen LogP) is 2.45. The van der Waals surface area contributed by atoms with E-state index in [0.717, 1.165) is 30.7 Å². The summed E-state index contributed by atoms with van der Waals surface area (Å²) in [6.45, 7) is 2.36. The number of rotatable bonds is 4. The van der Waals surface area contributed by atoms with Crippen LogP contribution in [-0.4, -0.2) is 71.9 Å². The Bertz CT molecular complexity index is 919. The lowest BCUT2D eigenvalue weighted by atomic mass is 9.81. The molecule has 2 amide bonds. The normalized spacial score (nSPS) is 30.1. The molecule has 5 rings (SSSR count). The van der Waals surface area contributed by atoms with Gasteiger partial charge in [-0.25, -0.2) is 8.78 Å². The van der Waals surface area contributed by atoms with Gasteiger partial charge in [0, 0.05) is 44.0 Å². The number of fused-ring (bicyclic) bond motifs is 2. The molecule has 0 radical (unpaired) electrons. The highest BCUT2D eigenvalue weighted by atomic mass is 19.3. The molecular weight excluding hydrogens is 442 g/mol. The van der Waals surface area contributed by atoms with Crippen LogP contribution in [0.2, 0.25) is 0 Å². The summed E-state index contributed by atoms with van der Waals surface area (Å²) < 4.78 is 33.0. The molecule has 1 aliphatic carbocycles. The van der Waals surface area contributed by atoms with Crippen molar-refractivity contribution in [3.8, 4) is 5.75 Å². The highest BCUT2D eigenvalue weighted by Crippen LogP contribution is 2.38. The Morgan fingerprint density at radius 3 is 2.68 bits per heavy atom. The first-order valence-electron chi connectivity index (χ1n) is 12.5. The summed E-state index contributed by atoms with van der Waals surface area (Å²) in [7, 11) is 0. The lowest BCUT2D eigenvalue weighted by Gasteiger charge is -2.45. The quantitative estimate of drug-likeness (QED) is 0.697. The van der Waals surface area contributed by atoms with Crippen LogP contribution in [0.15, 0.2) is 24.3 Å². The average molecular weight is 477 g/mol. The van der Waals surface area contributed by atoms with E-state index in [4.69, 9.17) is 10.5 Å². The van der Waals surface area contributed by atoms with Crippen LogP contribution in [0.3, 0.4) is 0 Å². The minimum absolute atomic E-state index is 0.181. The van der Waals surface area contributed by atoms with Gasteiger partial charge in [-0.3, -0.25) is 14.5 Å². The zero-order valence-electron chi connectivity index (χ0n) is 19.4. The minimum Gasteiger partial charge on any atom is -0.493 e. The fourth-order valence-electron chi connectivity index (χ4n) is 6.06. The van der Waals surface area contributed by atoms with Crippen molar-refractivity contribution >= 4 is 11.8 Å². The van der Waals surface area contributed by atoms with E-state index in [-0.39, 0.29) is 55.5 Å². The molecule has 4 atom stereocenters. The standard InChI is InChI=1S/C25H34F2N4O3/c26-25(27)10-7-16(8-11-25)22(28)24(33)31-14-17-4-3-12-30(17)15-20(31)23(32)29-19-9-13-34-21-6-2-1-5-18(19)21/h1-2,5-6,16-17,19-20,22H,3-4,7-15,28H2,(H,29,32)/t17?,19-,20?,22+/m1/s1. The van der Waals surface area contributed by atoms with E-state index in [1.165, 1.54) is 0 Å².